The van der Waals surface area contributed by atoms with Gasteiger partial charge in [0.2, 0.25) is 11.8 Å². The number of nitrogens with zero attached hydrogens (tertiary/aromatic N) is 4. The predicted octanol–water partition coefficient (Wildman–Crippen LogP) is 1.62. The van der Waals surface area contributed by atoms with Crippen LogP contribution in [0.5, 0.6) is 0 Å². The monoisotopic (exact) mass is 460 g/mol. The molecule has 2 aliphatic rings. The molecule has 2 aliphatic heterocycles. The third kappa shape index (κ3) is 5.60. The second-order valence-electron chi connectivity index (χ2n) is 7.71. The molecule has 0 bridgehead atoms. The predicted molar refractivity (Wildman–Crippen MR) is 123 cm³/mol. The van der Waals surface area contributed by atoms with Crippen LogP contribution in [0.4, 0.5) is 0 Å². The Balaban J connectivity index is 1.29. The van der Waals surface area contributed by atoms with E-state index >= 15 is 0 Å². The summed E-state index contributed by atoms with van der Waals surface area (Å²) in [6.45, 7) is 0.149. The number of hydrogen-bond acceptors (Lipinski definition) is 6. The Labute approximate surface area is 196 Å². The van der Waals surface area contributed by atoms with Gasteiger partial charge < -0.3 is 9.80 Å². The molecule has 0 atom stereocenters. The largest absolute Gasteiger partial charge is 0.345 e. The van der Waals surface area contributed by atoms with Crippen LogP contribution in [0.25, 0.3) is 0 Å². The first-order chi connectivity index (χ1) is 16.5. The SMILES string of the molecule is O=C(NNC(=O)C1=CN(CC(=O)n2cccc2)C=CC1)C1=CN(CC(=O)n2cccc2)C=CC1. The Kier molecular flexibility index (Phi) is 6.87. The van der Waals surface area contributed by atoms with Gasteiger partial charge in [0.05, 0.1) is 0 Å². The Morgan fingerprint density at radius 2 is 1.03 bits per heavy atom. The summed E-state index contributed by atoms with van der Waals surface area (Å²) < 4.78 is 2.94. The minimum absolute atomic E-state index is 0.0745. The van der Waals surface area contributed by atoms with Crippen LogP contribution >= 0.6 is 0 Å². The molecule has 174 valence electrons. The third-order valence-corrected chi connectivity index (χ3v) is 5.21. The summed E-state index contributed by atoms with van der Waals surface area (Å²) in [4.78, 5) is 52.9. The summed E-state index contributed by atoms with van der Waals surface area (Å²) in [5.41, 5.74) is 5.64. The summed E-state index contributed by atoms with van der Waals surface area (Å²) >= 11 is 0. The third-order valence-electron chi connectivity index (χ3n) is 5.21. The van der Waals surface area contributed by atoms with Crippen molar-refractivity contribution >= 4 is 23.6 Å². The van der Waals surface area contributed by atoms with Crippen molar-refractivity contribution in [1.82, 2.24) is 29.8 Å². The molecule has 10 nitrogen and oxygen atoms in total. The molecule has 0 unspecified atom stereocenters. The second-order valence-corrected chi connectivity index (χ2v) is 7.71. The van der Waals surface area contributed by atoms with Crippen molar-refractivity contribution in [2.75, 3.05) is 13.1 Å². The number of rotatable bonds is 6. The van der Waals surface area contributed by atoms with Crippen molar-refractivity contribution < 1.29 is 19.2 Å². The zero-order valence-corrected chi connectivity index (χ0v) is 18.3. The Morgan fingerprint density at radius 1 is 0.647 bits per heavy atom. The lowest BCUT2D eigenvalue weighted by Crippen LogP contribution is -2.44. The fraction of sp³-hybridized carbons (Fsp3) is 0.167. The van der Waals surface area contributed by atoms with Gasteiger partial charge in [0.25, 0.3) is 11.8 Å². The lowest BCUT2D eigenvalue weighted by atomic mass is 10.1. The number of allylic oxidation sites excluding steroid dienone is 2. The van der Waals surface area contributed by atoms with Crippen LogP contribution in [0.15, 0.2) is 97.2 Å². The highest BCUT2D eigenvalue weighted by Crippen LogP contribution is 2.14. The lowest BCUT2D eigenvalue weighted by molar-refractivity contribution is -0.125. The number of hydrazine groups is 1. The summed E-state index contributed by atoms with van der Waals surface area (Å²) in [5, 5.41) is 0. The van der Waals surface area contributed by atoms with Gasteiger partial charge in [-0.3, -0.25) is 39.2 Å². The summed E-state index contributed by atoms with van der Waals surface area (Å²) in [5.74, 6) is -1.22. The van der Waals surface area contributed by atoms with E-state index in [4.69, 9.17) is 0 Å². The normalized spacial score (nSPS) is 14.9. The van der Waals surface area contributed by atoms with Gasteiger partial charge in [0.15, 0.2) is 0 Å². The highest BCUT2D eigenvalue weighted by molar-refractivity contribution is 5.98. The van der Waals surface area contributed by atoms with E-state index < -0.39 is 11.8 Å². The van der Waals surface area contributed by atoms with Crippen molar-refractivity contribution in [2.45, 2.75) is 12.8 Å². The van der Waals surface area contributed by atoms with Gasteiger partial charge >= 0.3 is 0 Å². The van der Waals surface area contributed by atoms with Crippen LogP contribution in [-0.2, 0) is 9.59 Å². The maximum Gasteiger partial charge on any atom is 0.267 e. The first-order valence-electron chi connectivity index (χ1n) is 10.7. The topological polar surface area (TPSA) is 109 Å². The molecule has 34 heavy (non-hydrogen) atoms. The molecule has 0 spiro atoms. The van der Waals surface area contributed by atoms with Crippen molar-refractivity contribution in [3.63, 3.8) is 0 Å². The molecule has 0 radical (unpaired) electrons. The smallest absolute Gasteiger partial charge is 0.267 e. The number of amides is 2. The lowest BCUT2D eigenvalue weighted by Gasteiger charge is -2.22. The Bertz CT molecular complexity index is 1090. The van der Waals surface area contributed by atoms with Crippen LogP contribution in [0.1, 0.15) is 22.4 Å². The van der Waals surface area contributed by atoms with E-state index in [-0.39, 0.29) is 24.9 Å². The molecule has 2 N–H and O–H groups in total. The fourth-order valence-corrected chi connectivity index (χ4v) is 3.47. The van der Waals surface area contributed by atoms with Crippen LogP contribution in [0.2, 0.25) is 0 Å². The van der Waals surface area contributed by atoms with Crippen LogP contribution in [0, 0.1) is 0 Å². The molecule has 0 aliphatic carbocycles. The van der Waals surface area contributed by atoms with E-state index in [9.17, 15) is 19.2 Å². The van der Waals surface area contributed by atoms with Gasteiger partial charge in [0, 0.05) is 60.7 Å². The number of aromatic nitrogens is 2. The number of hydrogen-bond donors (Lipinski definition) is 2. The van der Waals surface area contributed by atoms with E-state index in [0.29, 0.717) is 24.0 Å². The Morgan fingerprint density at radius 3 is 1.41 bits per heavy atom. The zero-order valence-electron chi connectivity index (χ0n) is 18.3. The highest BCUT2D eigenvalue weighted by atomic mass is 16.2. The molecule has 2 aromatic rings. The molecule has 0 saturated carbocycles. The maximum absolute atomic E-state index is 12.6. The average molecular weight is 460 g/mol. The summed E-state index contributed by atoms with van der Waals surface area (Å²) in [6, 6.07) is 7.05. The van der Waals surface area contributed by atoms with E-state index in [0.717, 1.165) is 0 Å². The molecular weight excluding hydrogens is 436 g/mol. The minimum Gasteiger partial charge on any atom is -0.345 e. The van der Waals surface area contributed by atoms with Gasteiger partial charge in [-0.15, -0.1) is 0 Å². The van der Waals surface area contributed by atoms with Crippen LogP contribution in [0.3, 0.4) is 0 Å². The zero-order chi connectivity index (χ0) is 23.9. The van der Waals surface area contributed by atoms with Crippen molar-refractivity contribution in [3.05, 3.63) is 97.2 Å². The first-order valence-corrected chi connectivity index (χ1v) is 10.7. The molecular formula is C24H24N6O4. The van der Waals surface area contributed by atoms with Gasteiger partial charge in [-0.1, -0.05) is 12.2 Å². The van der Waals surface area contributed by atoms with E-state index in [1.165, 1.54) is 9.13 Å². The van der Waals surface area contributed by atoms with Gasteiger partial charge in [-0.2, -0.15) is 0 Å². The van der Waals surface area contributed by atoms with E-state index in [2.05, 4.69) is 10.9 Å². The van der Waals surface area contributed by atoms with Gasteiger partial charge in [0.1, 0.15) is 13.1 Å². The standard InChI is InChI=1S/C24H24N6O4/c31-21(29-11-1-2-12-29)17-27-9-5-7-19(15-27)23(33)25-26-24(34)20-8-6-10-28(16-20)18-22(32)30-13-3-4-14-30/h1-6,9-16H,7-8,17-18H2,(H,25,33)(H,26,34). The summed E-state index contributed by atoms with van der Waals surface area (Å²) in [7, 11) is 0. The van der Waals surface area contributed by atoms with Crippen molar-refractivity contribution in [3.8, 4) is 0 Å². The van der Waals surface area contributed by atoms with E-state index in [1.54, 1.807) is 95.8 Å². The maximum atomic E-state index is 12.6. The number of carbonyl (C=O) groups is 4. The molecule has 10 heteroatoms. The molecule has 0 saturated heterocycles. The molecule has 0 aromatic carbocycles. The molecule has 4 rings (SSSR count). The minimum atomic E-state index is -0.470. The molecule has 0 fully saturated rings. The van der Waals surface area contributed by atoms with Gasteiger partial charge in [-0.05, 0) is 37.1 Å². The Hall–Kier alpha value is -4.60. The average Bonchev–Trinajstić information content (AvgIpc) is 3.57. The quantitative estimate of drug-likeness (QED) is 0.635. The van der Waals surface area contributed by atoms with Crippen LogP contribution < -0.4 is 10.9 Å². The molecule has 2 aromatic heterocycles. The number of carbonyl (C=O) groups excluding carboxylic acids is 4. The van der Waals surface area contributed by atoms with Crippen LogP contribution in [-0.4, -0.2) is 55.7 Å². The molecule has 4 heterocycles. The fourth-order valence-electron chi connectivity index (χ4n) is 3.47. The number of nitrogens with one attached hydrogen (secondary N) is 2. The van der Waals surface area contributed by atoms with Gasteiger partial charge in [-0.25, -0.2) is 0 Å². The molecule has 2 amide bonds. The first kappa shape index (κ1) is 22.6. The van der Waals surface area contributed by atoms with E-state index in [1.807, 2.05) is 0 Å². The summed E-state index contributed by atoms with van der Waals surface area (Å²) in [6.07, 6.45) is 17.6. The highest BCUT2D eigenvalue weighted by Gasteiger charge is 2.19. The second kappa shape index (κ2) is 10.3. The van der Waals surface area contributed by atoms with Crippen molar-refractivity contribution in [2.24, 2.45) is 0 Å². The van der Waals surface area contributed by atoms with Crippen molar-refractivity contribution in [1.29, 1.82) is 0 Å².